The van der Waals surface area contributed by atoms with Crippen LogP contribution in [0.3, 0.4) is 0 Å². The molecular formula is C14H14NO4-. The van der Waals surface area contributed by atoms with Crippen molar-refractivity contribution < 1.29 is 19.5 Å². The number of carbonyl (C=O) groups is 3. The van der Waals surface area contributed by atoms with Gasteiger partial charge in [-0.2, -0.15) is 0 Å². The summed E-state index contributed by atoms with van der Waals surface area (Å²) in [5.74, 6) is -2.73. The van der Waals surface area contributed by atoms with Gasteiger partial charge in [-0.1, -0.05) is 30.3 Å². The molecule has 1 saturated heterocycles. The molecule has 1 aromatic rings. The lowest BCUT2D eigenvalue weighted by Crippen LogP contribution is -2.54. The standard InChI is InChI=1S/C14H15NO4/c16-12(10-6-2-1-3-7-10)13(17)15-9-5-4-8-11(15)14(18)19/h1-3,6-7,11H,4-5,8-9H2,(H,18,19)/p-1. The second-order valence-corrected chi connectivity index (χ2v) is 4.52. The first-order valence-electron chi connectivity index (χ1n) is 6.22. The van der Waals surface area contributed by atoms with E-state index < -0.39 is 23.7 Å². The van der Waals surface area contributed by atoms with Gasteiger partial charge in [0.15, 0.2) is 0 Å². The van der Waals surface area contributed by atoms with Crippen molar-refractivity contribution in [2.75, 3.05) is 6.54 Å². The number of carbonyl (C=O) groups excluding carboxylic acids is 3. The first kappa shape index (κ1) is 13.3. The molecule has 2 rings (SSSR count). The molecule has 1 fully saturated rings. The lowest BCUT2D eigenvalue weighted by Gasteiger charge is -2.35. The topological polar surface area (TPSA) is 77.5 Å². The van der Waals surface area contributed by atoms with Crippen LogP contribution in [0.15, 0.2) is 30.3 Å². The number of amides is 1. The summed E-state index contributed by atoms with van der Waals surface area (Å²) in [7, 11) is 0. The first-order chi connectivity index (χ1) is 9.11. The zero-order valence-corrected chi connectivity index (χ0v) is 10.4. The molecule has 0 bridgehead atoms. The number of hydrogen-bond acceptors (Lipinski definition) is 4. The summed E-state index contributed by atoms with van der Waals surface area (Å²) in [4.78, 5) is 36.2. The SMILES string of the molecule is O=C(C(=O)N1CCCCC1C(=O)[O-])c1ccccc1. The highest BCUT2D eigenvalue weighted by atomic mass is 16.4. The maximum atomic E-state index is 12.1. The van der Waals surface area contributed by atoms with Gasteiger partial charge in [0.1, 0.15) is 0 Å². The van der Waals surface area contributed by atoms with Gasteiger partial charge in [-0.3, -0.25) is 9.59 Å². The molecule has 5 heteroatoms. The van der Waals surface area contributed by atoms with Crippen LogP contribution in [0, 0.1) is 0 Å². The molecule has 0 aliphatic carbocycles. The van der Waals surface area contributed by atoms with Gasteiger partial charge in [0.2, 0.25) is 5.78 Å². The number of likely N-dealkylation sites (tertiary alicyclic amines) is 1. The number of rotatable bonds is 3. The van der Waals surface area contributed by atoms with E-state index in [0.29, 0.717) is 12.8 Å². The number of hydrogen-bond donors (Lipinski definition) is 0. The van der Waals surface area contributed by atoms with E-state index in [4.69, 9.17) is 0 Å². The Morgan fingerprint density at radius 2 is 1.79 bits per heavy atom. The third-order valence-electron chi connectivity index (χ3n) is 3.27. The number of benzene rings is 1. The fraction of sp³-hybridized carbons (Fsp3) is 0.357. The monoisotopic (exact) mass is 260 g/mol. The van der Waals surface area contributed by atoms with Crippen molar-refractivity contribution in [3.8, 4) is 0 Å². The lowest BCUT2D eigenvalue weighted by atomic mass is 10.0. The largest absolute Gasteiger partial charge is 0.548 e. The highest BCUT2D eigenvalue weighted by Gasteiger charge is 2.31. The number of carboxylic acid groups (broad SMARTS) is 1. The van der Waals surface area contributed by atoms with E-state index in [-0.39, 0.29) is 12.1 Å². The van der Waals surface area contributed by atoms with Crippen molar-refractivity contribution >= 4 is 17.7 Å². The van der Waals surface area contributed by atoms with Crippen LogP contribution in [0.2, 0.25) is 0 Å². The van der Waals surface area contributed by atoms with Crippen molar-refractivity contribution in [3.05, 3.63) is 35.9 Å². The Morgan fingerprint density at radius 1 is 1.11 bits per heavy atom. The van der Waals surface area contributed by atoms with E-state index in [1.54, 1.807) is 18.2 Å². The number of carboxylic acids is 1. The van der Waals surface area contributed by atoms with Crippen LogP contribution >= 0.6 is 0 Å². The van der Waals surface area contributed by atoms with E-state index in [9.17, 15) is 19.5 Å². The smallest absolute Gasteiger partial charge is 0.295 e. The zero-order valence-electron chi connectivity index (χ0n) is 10.4. The summed E-state index contributed by atoms with van der Waals surface area (Å²) in [5, 5.41) is 11.0. The average Bonchev–Trinajstić information content (AvgIpc) is 2.46. The molecule has 1 unspecified atom stereocenters. The zero-order chi connectivity index (χ0) is 13.8. The maximum Gasteiger partial charge on any atom is 0.295 e. The Labute approximate surface area is 110 Å². The van der Waals surface area contributed by atoms with Crippen molar-refractivity contribution in [3.63, 3.8) is 0 Å². The third-order valence-corrected chi connectivity index (χ3v) is 3.27. The number of aliphatic carboxylic acids is 1. The lowest BCUT2D eigenvalue weighted by molar-refractivity contribution is -0.312. The van der Waals surface area contributed by atoms with E-state index in [2.05, 4.69) is 0 Å². The fourth-order valence-corrected chi connectivity index (χ4v) is 2.26. The number of ketones is 1. The summed E-state index contributed by atoms with van der Waals surface area (Å²) in [6.45, 7) is 0.288. The Hall–Kier alpha value is -2.17. The Bertz CT molecular complexity index is 497. The Kier molecular flexibility index (Phi) is 3.94. The molecule has 0 radical (unpaired) electrons. The molecule has 1 aromatic carbocycles. The number of nitrogens with zero attached hydrogens (tertiary/aromatic N) is 1. The van der Waals surface area contributed by atoms with Gasteiger partial charge in [0.05, 0.1) is 12.0 Å². The molecule has 1 atom stereocenters. The molecule has 0 N–H and O–H groups in total. The van der Waals surface area contributed by atoms with E-state index in [0.717, 1.165) is 11.3 Å². The molecule has 5 nitrogen and oxygen atoms in total. The Morgan fingerprint density at radius 3 is 2.42 bits per heavy atom. The molecule has 1 aliphatic rings. The average molecular weight is 260 g/mol. The van der Waals surface area contributed by atoms with Gasteiger partial charge in [0.25, 0.3) is 5.91 Å². The van der Waals surface area contributed by atoms with Crippen LogP contribution in [0.25, 0.3) is 0 Å². The molecule has 0 saturated carbocycles. The minimum absolute atomic E-state index is 0.273. The second-order valence-electron chi connectivity index (χ2n) is 4.52. The van der Waals surface area contributed by atoms with Crippen LogP contribution in [0.4, 0.5) is 0 Å². The highest BCUT2D eigenvalue weighted by molar-refractivity contribution is 6.43. The van der Waals surface area contributed by atoms with E-state index >= 15 is 0 Å². The summed E-state index contributed by atoms with van der Waals surface area (Å²) in [6, 6.07) is 7.15. The molecule has 1 amide bonds. The van der Waals surface area contributed by atoms with Crippen LogP contribution in [0.1, 0.15) is 29.6 Å². The second kappa shape index (κ2) is 5.65. The molecular weight excluding hydrogens is 246 g/mol. The molecule has 0 aromatic heterocycles. The minimum atomic E-state index is -1.30. The molecule has 100 valence electrons. The normalized spacial score (nSPS) is 18.9. The fourth-order valence-electron chi connectivity index (χ4n) is 2.26. The molecule has 1 heterocycles. The van der Waals surface area contributed by atoms with Gasteiger partial charge in [0, 0.05) is 12.1 Å². The summed E-state index contributed by atoms with van der Waals surface area (Å²) >= 11 is 0. The van der Waals surface area contributed by atoms with Crippen molar-refractivity contribution in [1.82, 2.24) is 4.90 Å². The van der Waals surface area contributed by atoms with Crippen LogP contribution in [-0.2, 0) is 9.59 Å². The molecule has 1 aliphatic heterocycles. The molecule has 0 spiro atoms. The predicted molar refractivity (Wildman–Crippen MR) is 65.1 cm³/mol. The highest BCUT2D eigenvalue weighted by Crippen LogP contribution is 2.18. The van der Waals surface area contributed by atoms with Gasteiger partial charge < -0.3 is 14.8 Å². The summed E-state index contributed by atoms with van der Waals surface area (Å²) < 4.78 is 0. The van der Waals surface area contributed by atoms with Crippen LogP contribution in [-0.4, -0.2) is 35.1 Å². The molecule has 19 heavy (non-hydrogen) atoms. The van der Waals surface area contributed by atoms with Crippen LogP contribution < -0.4 is 5.11 Å². The number of Topliss-reactive ketones (excluding diaryl/α,β-unsaturated/α-hetero) is 1. The van der Waals surface area contributed by atoms with Gasteiger partial charge in [-0.15, -0.1) is 0 Å². The van der Waals surface area contributed by atoms with Crippen molar-refractivity contribution in [2.24, 2.45) is 0 Å². The number of piperidine rings is 1. The maximum absolute atomic E-state index is 12.1. The van der Waals surface area contributed by atoms with Gasteiger partial charge in [-0.25, -0.2) is 0 Å². The third kappa shape index (κ3) is 2.81. The first-order valence-corrected chi connectivity index (χ1v) is 6.22. The van der Waals surface area contributed by atoms with Gasteiger partial charge in [-0.05, 0) is 19.3 Å². The van der Waals surface area contributed by atoms with E-state index in [1.165, 1.54) is 12.1 Å². The van der Waals surface area contributed by atoms with Crippen LogP contribution in [0.5, 0.6) is 0 Å². The van der Waals surface area contributed by atoms with Crippen molar-refractivity contribution in [2.45, 2.75) is 25.3 Å². The Balaban J connectivity index is 2.18. The van der Waals surface area contributed by atoms with E-state index in [1.807, 2.05) is 0 Å². The summed E-state index contributed by atoms with van der Waals surface area (Å²) in [5.41, 5.74) is 0.273. The summed E-state index contributed by atoms with van der Waals surface area (Å²) in [6.07, 6.45) is 1.77. The predicted octanol–water partition coefficient (Wildman–Crippen LogP) is 0.000300. The van der Waals surface area contributed by atoms with Gasteiger partial charge >= 0.3 is 0 Å². The van der Waals surface area contributed by atoms with Crippen molar-refractivity contribution in [1.29, 1.82) is 0 Å². The minimum Gasteiger partial charge on any atom is -0.548 e. The quantitative estimate of drug-likeness (QED) is 0.566.